The number of ether oxygens (including phenoxy) is 2. The smallest absolute Gasteiger partial charge is 0.259 e. The van der Waals surface area contributed by atoms with Crippen molar-refractivity contribution in [3.05, 3.63) is 59.7 Å². The summed E-state index contributed by atoms with van der Waals surface area (Å²) in [5.74, 6) is 0.751. The Morgan fingerprint density at radius 3 is 2.60 bits per heavy atom. The Morgan fingerprint density at radius 2 is 1.88 bits per heavy atom. The van der Waals surface area contributed by atoms with Crippen molar-refractivity contribution >= 4 is 46.2 Å². The number of hydrogen-bond acceptors (Lipinski definition) is 8. The molecule has 0 spiro atoms. The van der Waals surface area contributed by atoms with Crippen molar-refractivity contribution in [1.29, 1.82) is 0 Å². The number of rotatable bonds is 13. The van der Waals surface area contributed by atoms with E-state index in [1.807, 2.05) is 55.5 Å². The fourth-order valence-electron chi connectivity index (χ4n) is 4.36. The first kappa shape index (κ1) is 29.3. The Bertz CT molecular complexity index is 1280. The highest BCUT2D eigenvalue weighted by Gasteiger charge is 2.42. The van der Waals surface area contributed by atoms with Gasteiger partial charge in [0, 0.05) is 38.8 Å². The summed E-state index contributed by atoms with van der Waals surface area (Å²) in [6.45, 7) is 3.39. The van der Waals surface area contributed by atoms with Crippen molar-refractivity contribution in [2.24, 2.45) is 9.98 Å². The lowest BCUT2D eigenvalue weighted by molar-refractivity contribution is -0.125. The summed E-state index contributed by atoms with van der Waals surface area (Å²) in [6.07, 6.45) is 1.70. The molecule has 0 saturated carbocycles. The minimum Gasteiger partial charge on any atom is -0.497 e. The van der Waals surface area contributed by atoms with E-state index in [4.69, 9.17) is 19.5 Å². The number of para-hydroxylation sites is 1. The van der Waals surface area contributed by atoms with E-state index in [9.17, 15) is 14.4 Å². The van der Waals surface area contributed by atoms with Crippen LogP contribution in [-0.2, 0) is 25.7 Å². The third-order valence-corrected chi connectivity index (χ3v) is 7.89. The predicted octanol–water partition coefficient (Wildman–Crippen LogP) is 3.41. The number of benzene rings is 2. The molecule has 2 atom stereocenters. The summed E-state index contributed by atoms with van der Waals surface area (Å²) >= 11 is 1.26. The first-order chi connectivity index (χ1) is 19.4. The molecule has 2 N–H and O–H groups in total. The molecule has 0 aliphatic carbocycles. The largest absolute Gasteiger partial charge is 0.497 e. The second kappa shape index (κ2) is 14.1. The monoisotopic (exact) mass is 565 g/mol. The third kappa shape index (κ3) is 7.08. The Labute approximate surface area is 238 Å². The summed E-state index contributed by atoms with van der Waals surface area (Å²) in [4.78, 5) is 50.0. The average molecular weight is 566 g/mol. The van der Waals surface area contributed by atoms with E-state index < -0.39 is 11.3 Å². The molecule has 0 aromatic heterocycles. The van der Waals surface area contributed by atoms with Gasteiger partial charge in [-0.1, -0.05) is 43.0 Å². The number of carbonyl (C=O) groups excluding carboxylic acids is 3. The zero-order chi connectivity index (χ0) is 28.5. The van der Waals surface area contributed by atoms with Crippen LogP contribution in [0.5, 0.6) is 5.75 Å². The van der Waals surface area contributed by atoms with Gasteiger partial charge in [0.1, 0.15) is 17.6 Å². The Morgan fingerprint density at radius 1 is 1.10 bits per heavy atom. The molecule has 2 aromatic carbocycles. The van der Waals surface area contributed by atoms with E-state index in [-0.39, 0.29) is 30.6 Å². The molecule has 3 amide bonds. The standard InChI is InChI=1S/C29H35N5O5S/c1-4-24(27(36)30-16-7-17-38-2)40-29-33-22-9-6-5-8-21(22)26-32-23(28(37)34(26)29)14-15-25(35)31-18-19-10-12-20(39-3)13-11-19/h5-6,8-13,23-24H,4,7,14-18H2,1-3H3,(H,30,36)(H,31,35)/t23-,24-/m1/s1. The normalized spacial score (nSPS) is 16.4. The number of nitrogens with zero attached hydrogens (tertiary/aromatic N) is 3. The van der Waals surface area contributed by atoms with Crippen LogP contribution in [0.1, 0.15) is 43.7 Å². The van der Waals surface area contributed by atoms with Crippen LogP contribution < -0.4 is 15.4 Å². The summed E-state index contributed by atoms with van der Waals surface area (Å²) in [7, 11) is 3.23. The highest BCUT2D eigenvalue weighted by molar-refractivity contribution is 8.15. The molecule has 2 aliphatic heterocycles. The van der Waals surface area contributed by atoms with Gasteiger partial charge in [0.25, 0.3) is 5.91 Å². The minimum atomic E-state index is -0.707. The number of methoxy groups -OCH3 is 2. The zero-order valence-corrected chi connectivity index (χ0v) is 23.8. The van der Waals surface area contributed by atoms with Gasteiger partial charge in [-0.15, -0.1) is 0 Å². The van der Waals surface area contributed by atoms with E-state index in [0.717, 1.165) is 16.9 Å². The van der Waals surface area contributed by atoms with Gasteiger partial charge < -0.3 is 20.1 Å². The fourth-order valence-corrected chi connectivity index (χ4v) is 5.41. The summed E-state index contributed by atoms with van der Waals surface area (Å²) in [5, 5.41) is 5.84. The van der Waals surface area contributed by atoms with Crippen molar-refractivity contribution in [1.82, 2.24) is 15.5 Å². The number of thioether (sulfide) groups is 1. The molecule has 0 bridgehead atoms. The fraction of sp³-hybridized carbons (Fsp3) is 0.414. The number of hydrogen-bond donors (Lipinski definition) is 2. The van der Waals surface area contributed by atoms with Gasteiger partial charge in [0.15, 0.2) is 5.17 Å². The van der Waals surface area contributed by atoms with Crippen LogP contribution in [0.3, 0.4) is 0 Å². The van der Waals surface area contributed by atoms with Gasteiger partial charge in [-0.2, -0.15) is 0 Å². The molecule has 2 heterocycles. The zero-order valence-electron chi connectivity index (χ0n) is 23.0. The van der Waals surface area contributed by atoms with Gasteiger partial charge in [0.05, 0.1) is 18.0 Å². The lowest BCUT2D eigenvalue weighted by Crippen LogP contribution is -2.43. The molecule has 11 heteroatoms. The predicted molar refractivity (Wildman–Crippen MR) is 156 cm³/mol. The highest BCUT2D eigenvalue weighted by atomic mass is 32.2. The maximum absolute atomic E-state index is 13.6. The second-order valence-corrected chi connectivity index (χ2v) is 10.5. The van der Waals surface area contributed by atoms with Crippen molar-refractivity contribution in [3.63, 3.8) is 0 Å². The molecule has 0 fully saturated rings. The molecule has 4 rings (SSSR count). The van der Waals surface area contributed by atoms with Crippen LogP contribution in [0, 0.1) is 0 Å². The molecule has 0 unspecified atom stereocenters. The van der Waals surface area contributed by atoms with E-state index in [2.05, 4.69) is 10.6 Å². The molecule has 212 valence electrons. The number of fused-ring (bicyclic) bond motifs is 3. The molecular weight excluding hydrogens is 530 g/mol. The molecule has 0 saturated heterocycles. The third-order valence-electron chi connectivity index (χ3n) is 6.58. The van der Waals surface area contributed by atoms with Crippen LogP contribution in [0.15, 0.2) is 58.5 Å². The Balaban J connectivity index is 1.41. The van der Waals surface area contributed by atoms with Gasteiger partial charge >= 0.3 is 0 Å². The summed E-state index contributed by atoms with van der Waals surface area (Å²) in [5.41, 5.74) is 2.40. The Kier molecular flexibility index (Phi) is 10.3. The second-order valence-electron chi connectivity index (χ2n) is 9.37. The number of carbonyl (C=O) groups is 3. The molecule has 2 aliphatic rings. The molecule has 2 aromatic rings. The van der Waals surface area contributed by atoms with E-state index in [1.54, 1.807) is 14.2 Å². The van der Waals surface area contributed by atoms with E-state index in [0.29, 0.717) is 49.2 Å². The highest BCUT2D eigenvalue weighted by Crippen LogP contribution is 2.35. The number of aliphatic imine (C=N–C) groups is 2. The maximum Gasteiger partial charge on any atom is 0.259 e. The number of amidine groups is 2. The van der Waals surface area contributed by atoms with Gasteiger partial charge in [-0.3, -0.25) is 19.4 Å². The van der Waals surface area contributed by atoms with E-state index >= 15 is 0 Å². The lowest BCUT2D eigenvalue weighted by atomic mass is 10.1. The van der Waals surface area contributed by atoms with Crippen molar-refractivity contribution < 1.29 is 23.9 Å². The van der Waals surface area contributed by atoms with E-state index in [1.165, 1.54) is 16.7 Å². The average Bonchev–Trinajstić information content (AvgIpc) is 3.32. The topological polar surface area (TPSA) is 122 Å². The van der Waals surface area contributed by atoms with Crippen molar-refractivity contribution in [2.75, 3.05) is 27.4 Å². The van der Waals surface area contributed by atoms with Crippen LogP contribution in [0.4, 0.5) is 5.69 Å². The lowest BCUT2D eigenvalue weighted by Gasteiger charge is -2.27. The van der Waals surface area contributed by atoms with Crippen LogP contribution in [0.25, 0.3) is 0 Å². The van der Waals surface area contributed by atoms with Crippen molar-refractivity contribution in [3.8, 4) is 5.75 Å². The molecule has 40 heavy (non-hydrogen) atoms. The quantitative estimate of drug-likeness (QED) is 0.359. The SMILES string of the molecule is CC[C@@H](SC1=Nc2ccccc2C2=N[C@H](CCC(=O)NCc3ccc(OC)cc3)C(=O)N12)C(=O)NCCCOC. The molecular formula is C29H35N5O5S. The van der Waals surface area contributed by atoms with Crippen LogP contribution >= 0.6 is 11.8 Å². The van der Waals surface area contributed by atoms with Gasteiger partial charge in [-0.25, -0.2) is 9.89 Å². The van der Waals surface area contributed by atoms with Crippen molar-refractivity contribution in [2.45, 2.75) is 50.4 Å². The van der Waals surface area contributed by atoms with Crippen LogP contribution in [-0.4, -0.2) is 72.3 Å². The Hall–Kier alpha value is -3.70. The first-order valence-electron chi connectivity index (χ1n) is 13.4. The number of nitrogens with one attached hydrogen (secondary N) is 2. The minimum absolute atomic E-state index is 0.111. The van der Waals surface area contributed by atoms with Crippen LogP contribution in [0.2, 0.25) is 0 Å². The molecule has 0 radical (unpaired) electrons. The van der Waals surface area contributed by atoms with Gasteiger partial charge in [-0.05, 0) is 49.1 Å². The van der Waals surface area contributed by atoms with Gasteiger partial charge in [0.2, 0.25) is 11.8 Å². The first-order valence-corrected chi connectivity index (χ1v) is 14.3. The maximum atomic E-state index is 13.6. The number of amides is 3. The summed E-state index contributed by atoms with van der Waals surface area (Å²) in [6, 6.07) is 14.3. The molecule has 10 nitrogen and oxygen atoms in total. The summed E-state index contributed by atoms with van der Waals surface area (Å²) < 4.78 is 10.2.